The highest BCUT2D eigenvalue weighted by atomic mass is 16.3. The van der Waals surface area contributed by atoms with Gasteiger partial charge in [-0.15, -0.1) is 0 Å². The van der Waals surface area contributed by atoms with E-state index in [1.165, 1.54) is 0 Å². The maximum Gasteiger partial charge on any atom is 0.140 e. The van der Waals surface area contributed by atoms with Gasteiger partial charge < -0.3 is 5.11 Å². The largest absolute Gasteiger partial charge is 0.393 e. The van der Waals surface area contributed by atoms with Crippen LogP contribution in [0.4, 0.5) is 0 Å². The van der Waals surface area contributed by atoms with E-state index in [2.05, 4.69) is 20.8 Å². The Hall–Kier alpha value is -0.370. The Balaban J connectivity index is 2.08. The Morgan fingerprint density at radius 3 is 2.56 bits per heavy atom. The molecule has 3 aliphatic rings. The lowest BCUT2D eigenvalue weighted by atomic mass is 9.38. The zero-order chi connectivity index (χ0) is 11.8. The van der Waals surface area contributed by atoms with Gasteiger partial charge in [0.25, 0.3) is 0 Å². The molecule has 90 valence electrons. The lowest BCUT2D eigenvalue weighted by Crippen LogP contribution is -2.65. The third-order valence-electron chi connectivity index (χ3n) is 6.12. The van der Waals surface area contributed by atoms with Crippen LogP contribution < -0.4 is 0 Å². The summed E-state index contributed by atoms with van der Waals surface area (Å²) in [4.78, 5) is 12.4. The Bertz CT molecular complexity index is 360. The van der Waals surface area contributed by atoms with Crippen molar-refractivity contribution in [2.45, 2.75) is 59.0 Å². The maximum absolute atomic E-state index is 12.4. The first-order valence-corrected chi connectivity index (χ1v) is 6.56. The van der Waals surface area contributed by atoms with Gasteiger partial charge in [-0.2, -0.15) is 0 Å². The zero-order valence-corrected chi connectivity index (χ0v) is 10.5. The van der Waals surface area contributed by atoms with Crippen molar-refractivity contribution in [2.24, 2.45) is 22.2 Å². The molecule has 3 fully saturated rings. The fraction of sp³-hybridized carbons (Fsp3) is 0.929. The van der Waals surface area contributed by atoms with Gasteiger partial charge >= 0.3 is 0 Å². The monoisotopic (exact) mass is 222 g/mol. The molecule has 4 atom stereocenters. The fourth-order valence-electron chi connectivity index (χ4n) is 5.29. The minimum Gasteiger partial charge on any atom is -0.393 e. The van der Waals surface area contributed by atoms with Crippen molar-refractivity contribution in [3.05, 3.63) is 0 Å². The number of Topliss-reactive ketones (excluding diaryl/α,β-unsaturated/α-hetero) is 1. The van der Waals surface area contributed by atoms with Gasteiger partial charge in [-0.3, -0.25) is 4.79 Å². The van der Waals surface area contributed by atoms with Crippen LogP contribution in [0.3, 0.4) is 0 Å². The lowest BCUT2D eigenvalue weighted by molar-refractivity contribution is -0.199. The number of aliphatic hydroxyl groups excluding tert-OH is 1. The molecule has 0 unspecified atom stereocenters. The van der Waals surface area contributed by atoms with Gasteiger partial charge in [0.05, 0.1) is 6.10 Å². The molecule has 1 spiro atoms. The molecule has 2 nitrogen and oxygen atoms in total. The van der Waals surface area contributed by atoms with Crippen molar-refractivity contribution in [1.82, 2.24) is 0 Å². The molecule has 0 aromatic heterocycles. The molecule has 16 heavy (non-hydrogen) atoms. The lowest BCUT2D eigenvalue weighted by Gasteiger charge is -2.64. The average molecular weight is 222 g/mol. The smallest absolute Gasteiger partial charge is 0.140 e. The number of carbonyl (C=O) groups excluding carboxylic acids is 1. The highest BCUT2D eigenvalue weighted by Crippen LogP contribution is 2.76. The van der Waals surface area contributed by atoms with E-state index in [1.807, 2.05) is 0 Å². The fourth-order valence-corrected chi connectivity index (χ4v) is 5.29. The molecular formula is C14H22O2. The second-order valence-corrected chi connectivity index (χ2v) is 7.12. The van der Waals surface area contributed by atoms with Crippen molar-refractivity contribution in [2.75, 3.05) is 0 Å². The van der Waals surface area contributed by atoms with Crippen LogP contribution in [0.5, 0.6) is 0 Å². The van der Waals surface area contributed by atoms with E-state index < -0.39 is 0 Å². The second kappa shape index (κ2) is 2.72. The van der Waals surface area contributed by atoms with Crippen LogP contribution in [0.15, 0.2) is 0 Å². The molecule has 0 heterocycles. The standard InChI is InChI=1S/C14H22O2/c1-12(2)8-14-9(12)6-7-13(14,3)10(15)4-5-11(14)16/h9-10,15H,4-8H2,1-3H3/t9-,10-,13-,14-/m1/s1. The summed E-state index contributed by atoms with van der Waals surface area (Å²) in [7, 11) is 0. The highest BCUT2D eigenvalue weighted by Gasteiger charge is 2.74. The molecule has 3 saturated carbocycles. The van der Waals surface area contributed by atoms with Gasteiger partial charge in [-0.25, -0.2) is 0 Å². The Morgan fingerprint density at radius 1 is 1.25 bits per heavy atom. The number of ketones is 1. The molecule has 1 N–H and O–H groups in total. The van der Waals surface area contributed by atoms with Crippen molar-refractivity contribution in [3.8, 4) is 0 Å². The Kier molecular flexibility index (Phi) is 1.83. The van der Waals surface area contributed by atoms with Gasteiger partial charge in [0.1, 0.15) is 5.78 Å². The molecule has 0 aliphatic heterocycles. The van der Waals surface area contributed by atoms with E-state index in [9.17, 15) is 9.90 Å². The quantitative estimate of drug-likeness (QED) is 0.684. The van der Waals surface area contributed by atoms with Crippen molar-refractivity contribution in [3.63, 3.8) is 0 Å². The summed E-state index contributed by atoms with van der Waals surface area (Å²) < 4.78 is 0. The summed E-state index contributed by atoms with van der Waals surface area (Å²) in [5, 5.41) is 10.3. The molecule has 0 saturated heterocycles. The number of hydrogen-bond donors (Lipinski definition) is 1. The van der Waals surface area contributed by atoms with Gasteiger partial charge in [-0.05, 0) is 37.0 Å². The highest BCUT2D eigenvalue weighted by molar-refractivity contribution is 5.89. The number of carbonyl (C=O) groups is 1. The first-order valence-electron chi connectivity index (χ1n) is 6.56. The summed E-state index contributed by atoms with van der Waals surface area (Å²) in [5.41, 5.74) is 0.0289. The molecule has 2 heteroatoms. The third-order valence-corrected chi connectivity index (χ3v) is 6.12. The SMILES string of the molecule is CC1(C)C[C@@]23C(=O)CC[C@@H](O)[C@@]2(C)CC[C@H]13. The third kappa shape index (κ3) is 0.883. The second-order valence-electron chi connectivity index (χ2n) is 7.12. The van der Waals surface area contributed by atoms with Crippen molar-refractivity contribution < 1.29 is 9.90 Å². The Morgan fingerprint density at radius 2 is 1.94 bits per heavy atom. The van der Waals surface area contributed by atoms with Crippen LogP contribution in [0, 0.1) is 22.2 Å². The predicted molar refractivity (Wildman–Crippen MR) is 61.9 cm³/mol. The molecule has 0 amide bonds. The van der Waals surface area contributed by atoms with E-state index in [0.29, 0.717) is 30.0 Å². The van der Waals surface area contributed by atoms with Crippen LogP contribution in [0.1, 0.15) is 52.9 Å². The first kappa shape index (κ1) is 10.8. The van der Waals surface area contributed by atoms with Gasteiger partial charge in [0.2, 0.25) is 0 Å². The van der Waals surface area contributed by atoms with Crippen LogP contribution in [0.25, 0.3) is 0 Å². The molecule has 0 aromatic rings. The number of aliphatic hydroxyl groups is 1. The van der Waals surface area contributed by atoms with Gasteiger partial charge in [0.15, 0.2) is 0 Å². The summed E-state index contributed by atoms with van der Waals surface area (Å²) in [5.74, 6) is 0.967. The van der Waals surface area contributed by atoms with Gasteiger partial charge in [-0.1, -0.05) is 20.8 Å². The summed E-state index contributed by atoms with van der Waals surface area (Å²) >= 11 is 0. The molecule has 3 rings (SSSR count). The van der Waals surface area contributed by atoms with E-state index in [0.717, 1.165) is 19.3 Å². The summed E-state index contributed by atoms with van der Waals surface area (Å²) in [6.07, 6.45) is 4.19. The molecule has 3 aliphatic carbocycles. The summed E-state index contributed by atoms with van der Waals surface area (Å²) in [6, 6.07) is 0. The maximum atomic E-state index is 12.4. The van der Waals surface area contributed by atoms with E-state index in [1.54, 1.807) is 0 Å². The van der Waals surface area contributed by atoms with E-state index in [-0.39, 0.29) is 16.9 Å². The van der Waals surface area contributed by atoms with Crippen molar-refractivity contribution in [1.29, 1.82) is 0 Å². The number of rotatable bonds is 0. The van der Waals surface area contributed by atoms with Crippen LogP contribution in [-0.4, -0.2) is 17.0 Å². The normalized spacial score (nSPS) is 54.1. The topological polar surface area (TPSA) is 37.3 Å². The van der Waals surface area contributed by atoms with Crippen LogP contribution in [-0.2, 0) is 4.79 Å². The van der Waals surface area contributed by atoms with E-state index in [4.69, 9.17) is 0 Å². The molecular weight excluding hydrogens is 200 g/mol. The average Bonchev–Trinajstić information content (AvgIpc) is 2.45. The minimum absolute atomic E-state index is 0.122. The van der Waals surface area contributed by atoms with Gasteiger partial charge in [0, 0.05) is 17.3 Å². The minimum atomic E-state index is -0.258. The Labute approximate surface area is 97.4 Å². The van der Waals surface area contributed by atoms with Crippen molar-refractivity contribution >= 4 is 5.78 Å². The van der Waals surface area contributed by atoms with Crippen LogP contribution >= 0.6 is 0 Å². The molecule has 0 bridgehead atoms. The zero-order valence-electron chi connectivity index (χ0n) is 10.5. The predicted octanol–water partition coefficient (Wildman–Crippen LogP) is 2.54. The van der Waals surface area contributed by atoms with Crippen LogP contribution in [0.2, 0.25) is 0 Å². The van der Waals surface area contributed by atoms with E-state index >= 15 is 0 Å². The first-order chi connectivity index (χ1) is 7.34. The molecule has 0 aromatic carbocycles. The summed E-state index contributed by atoms with van der Waals surface area (Å²) in [6.45, 7) is 6.72. The molecule has 0 radical (unpaired) electrons. The number of hydrogen-bond acceptors (Lipinski definition) is 2.